The number of nitrogens with two attached hydrogens (primary N) is 1. The molecule has 0 aliphatic heterocycles. The molecule has 3 amide bonds. The first-order chi connectivity index (χ1) is 17.2. The van der Waals surface area contributed by atoms with Crippen molar-refractivity contribution < 1.29 is 29.4 Å². The molecule has 0 aliphatic carbocycles. The molecule has 2 heterocycles. The van der Waals surface area contributed by atoms with E-state index in [0.29, 0.717) is 5.69 Å². The predicted molar refractivity (Wildman–Crippen MR) is 128 cm³/mol. The fourth-order valence-electron chi connectivity index (χ4n) is 3.67. The number of aromatic nitrogens is 3. The van der Waals surface area contributed by atoms with E-state index >= 15 is 0 Å². The molecule has 192 valence electrons. The number of H-pyrrole nitrogens is 2. The molecular formula is C23H29N7O6. The van der Waals surface area contributed by atoms with E-state index in [1.54, 1.807) is 6.20 Å². The van der Waals surface area contributed by atoms with Crippen LogP contribution in [0.1, 0.15) is 18.2 Å². The summed E-state index contributed by atoms with van der Waals surface area (Å²) in [5.41, 5.74) is 8.43. The average Bonchev–Trinajstić information content (AvgIpc) is 3.50. The summed E-state index contributed by atoms with van der Waals surface area (Å²) in [6, 6.07) is 3.98. The van der Waals surface area contributed by atoms with Crippen molar-refractivity contribution in [3.63, 3.8) is 0 Å². The summed E-state index contributed by atoms with van der Waals surface area (Å²) in [6.07, 6.45) is 3.53. The number of fused-ring (bicyclic) bond motifs is 1. The number of nitrogens with one attached hydrogen (secondary N) is 5. The summed E-state index contributed by atoms with van der Waals surface area (Å²) in [5, 5.41) is 26.8. The van der Waals surface area contributed by atoms with Crippen molar-refractivity contribution in [2.75, 3.05) is 6.54 Å². The molecule has 3 rings (SSSR count). The highest BCUT2D eigenvalue weighted by atomic mass is 16.4. The molecule has 0 spiro atoms. The first-order valence-corrected chi connectivity index (χ1v) is 11.2. The van der Waals surface area contributed by atoms with E-state index in [1.807, 2.05) is 24.3 Å². The van der Waals surface area contributed by atoms with Gasteiger partial charge in [0.05, 0.1) is 18.5 Å². The zero-order valence-electron chi connectivity index (χ0n) is 19.5. The second-order valence-electron chi connectivity index (χ2n) is 8.35. The minimum absolute atomic E-state index is 0.000648. The highest BCUT2D eigenvalue weighted by molar-refractivity contribution is 5.94. The van der Waals surface area contributed by atoms with Crippen molar-refractivity contribution in [3.05, 3.63) is 54.2 Å². The van der Waals surface area contributed by atoms with Gasteiger partial charge in [0, 0.05) is 35.4 Å². The van der Waals surface area contributed by atoms with Crippen LogP contribution in [0, 0.1) is 0 Å². The fourth-order valence-corrected chi connectivity index (χ4v) is 3.67. The number of benzene rings is 1. The summed E-state index contributed by atoms with van der Waals surface area (Å²) in [4.78, 5) is 58.9. The van der Waals surface area contributed by atoms with Crippen molar-refractivity contribution in [3.8, 4) is 0 Å². The van der Waals surface area contributed by atoms with Crippen LogP contribution in [-0.4, -0.2) is 79.6 Å². The second-order valence-corrected chi connectivity index (χ2v) is 8.35. The summed E-state index contributed by atoms with van der Waals surface area (Å²) in [7, 11) is 0. The first-order valence-electron chi connectivity index (χ1n) is 11.2. The van der Waals surface area contributed by atoms with Gasteiger partial charge in [-0.05, 0) is 25.0 Å². The molecule has 0 saturated carbocycles. The predicted octanol–water partition coefficient (Wildman–Crippen LogP) is -1.45. The molecule has 36 heavy (non-hydrogen) atoms. The molecule has 13 nitrogen and oxygen atoms in total. The standard InChI is InChI=1S/C23H29N7O6/c1-12(31)20(23(36)27-10-19(32)33)30-22(35)18(7-14-9-25-11-28-14)29-21(34)16(24)6-13-8-26-17-5-3-2-4-15(13)17/h2-5,8-9,11-12,16,18,20,26,31H,6-7,10,24H2,1H3,(H,25,28)(H,27,36)(H,29,34)(H,30,35)(H,32,33). The van der Waals surface area contributed by atoms with Crippen LogP contribution < -0.4 is 21.7 Å². The molecule has 0 fully saturated rings. The minimum Gasteiger partial charge on any atom is -0.480 e. The van der Waals surface area contributed by atoms with Gasteiger partial charge in [0.2, 0.25) is 17.7 Å². The first kappa shape index (κ1) is 26.4. The Morgan fingerprint density at radius 3 is 2.47 bits per heavy atom. The number of aromatic amines is 2. The van der Waals surface area contributed by atoms with Crippen LogP contribution in [0.4, 0.5) is 0 Å². The second kappa shape index (κ2) is 12.0. The fraction of sp³-hybridized carbons (Fsp3) is 0.348. The zero-order chi connectivity index (χ0) is 26.2. The van der Waals surface area contributed by atoms with Gasteiger partial charge in [0.25, 0.3) is 0 Å². The number of hydrogen-bond donors (Lipinski definition) is 8. The van der Waals surface area contributed by atoms with Crippen molar-refractivity contribution in [2.45, 2.75) is 44.0 Å². The number of aliphatic hydroxyl groups excluding tert-OH is 1. The van der Waals surface area contributed by atoms with Gasteiger partial charge >= 0.3 is 5.97 Å². The van der Waals surface area contributed by atoms with Gasteiger partial charge in [-0.3, -0.25) is 19.2 Å². The molecule has 0 radical (unpaired) electrons. The quantitative estimate of drug-likeness (QED) is 0.147. The topological polar surface area (TPSA) is 215 Å². The van der Waals surface area contributed by atoms with Crippen molar-refractivity contribution >= 4 is 34.6 Å². The number of amides is 3. The van der Waals surface area contributed by atoms with Crippen LogP contribution in [0.5, 0.6) is 0 Å². The van der Waals surface area contributed by atoms with Gasteiger partial charge in [-0.15, -0.1) is 0 Å². The number of carboxylic acid groups (broad SMARTS) is 1. The summed E-state index contributed by atoms with van der Waals surface area (Å²) >= 11 is 0. The van der Waals surface area contributed by atoms with E-state index in [0.717, 1.165) is 16.5 Å². The van der Waals surface area contributed by atoms with E-state index < -0.39 is 54.5 Å². The number of para-hydroxylation sites is 1. The maximum atomic E-state index is 13.1. The largest absolute Gasteiger partial charge is 0.480 e. The normalized spacial score (nSPS) is 14.4. The third kappa shape index (κ3) is 6.90. The maximum absolute atomic E-state index is 13.1. The van der Waals surface area contributed by atoms with Gasteiger partial charge < -0.3 is 41.9 Å². The Bertz CT molecular complexity index is 1210. The van der Waals surface area contributed by atoms with Gasteiger partial charge in [-0.2, -0.15) is 0 Å². The molecule has 9 N–H and O–H groups in total. The smallest absolute Gasteiger partial charge is 0.322 e. The molecule has 4 atom stereocenters. The number of rotatable bonds is 12. The average molecular weight is 500 g/mol. The number of nitrogens with zero attached hydrogens (tertiary/aromatic N) is 1. The van der Waals surface area contributed by atoms with Gasteiger partial charge in [0.1, 0.15) is 18.6 Å². The molecule has 1 aromatic carbocycles. The van der Waals surface area contributed by atoms with E-state index in [-0.39, 0.29) is 12.8 Å². The third-order valence-corrected chi connectivity index (χ3v) is 5.54. The number of carbonyl (C=O) groups excluding carboxylic acids is 3. The zero-order valence-corrected chi connectivity index (χ0v) is 19.5. The van der Waals surface area contributed by atoms with Crippen LogP contribution >= 0.6 is 0 Å². The molecule has 4 unspecified atom stereocenters. The highest BCUT2D eigenvalue weighted by Gasteiger charge is 2.31. The van der Waals surface area contributed by atoms with Crippen molar-refractivity contribution in [2.24, 2.45) is 5.73 Å². The minimum atomic E-state index is -1.45. The van der Waals surface area contributed by atoms with Crippen molar-refractivity contribution in [1.29, 1.82) is 0 Å². The Labute approximate surface area is 205 Å². The Kier molecular flexibility index (Phi) is 8.76. The molecule has 0 saturated heterocycles. The molecular weight excluding hydrogens is 470 g/mol. The van der Waals surface area contributed by atoms with E-state index in [2.05, 4.69) is 30.9 Å². The number of aliphatic carboxylic acids is 1. The Balaban J connectivity index is 1.71. The van der Waals surface area contributed by atoms with E-state index in [9.17, 15) is 24.3 Å². The maximum Gasteiger partial charge on any atom is 0.322 e. The Morgan fingerprint density at radius 1 is 1.06 bits per heavy atom. The van der Waals surface area contributed by atoms with Gasteiger partial charge in [0.15, 0.2) is 0 Å². The van der Waals surface area contributed by atoms with E-state index in [1.165, 1.54) is 19.4 Å². The van der Waals surface area contributed by atoms with Crippen LogP contribution in [-0.2, 0) is 32.0 Å². The number of imidazole rings is 1. The Hall–Kier alpha value is -4.23. The Morgan fingerprint density at radius 2 is 1.81 bits per heavy atom. The number of aliphatic hydroxyl groups is 1. The van der Waals surface area contributed by atoms with Crippen LogP contribution in [0.15, 0.2) is 43.0 Å². The lowest BCUT2D eigenvalue weighted by Gasteiger charge is -2.25. The number of carbonyl (C=O) groups is 4. The van der Waals surface area contributed by atoms with Gasteiger partial charge in [-0.1, -0.05) is 18.2 Å². The molecule has 0 aliphatic rings. The number of carboxylic acids is 1. The van der Waals surface area contributed by atoms with Gasteiger partial charge in [-0.25, -0.2) is 4.98 Å². The van der Waals surface area contributed by atoms with E-state index in [4.69, 9.17) is 10.8 Å². The van der Waals surface area contributed by atoms with Crippen LogP contribution in [0.3, 0.4) is 0 Å². The SMILES string of the molecule is CC(O)C(NC(=O)C(Cc1cnc[nH]1)NC(=O)C(N)Cc1c[nH]c2ccccc12)C(=O)NCC(=O)O. The summed E-state index contributed by atoms with van der Waals surface area (Å²) in [5.74, 6) is -3.53. The highest BCUT2D eigenvalue weighted by Crippen LogP contribution is 2.18. The molecule has 2 aromatic heterocycles. The van der Waals surface area contributed by atoms with Crippen LogP contribution in [0.2, 0.25) is 0 Å². The lowest BCUT2D eigenvalue weighted by molar-refractivity contribution is -0.139. The number of hydrogen-bond acceptors (Lipinski definition) is 7. The third-order valence-electron chi connectivity index (χ3n) is 5.54. The molecule has 3 aromatic rings. The summed E-state index contributed by atoms with van der Waals surface area (Å²) in [6.45, 7) is 0.583. The van der Waals surface area contributed by atoms with Crippen molar-refractivity contribution in [1.82, 2.24) is 30.9 Å². The lowest BCUT2D eigenvalue weighted by Crippen LogP contribution is -2.59. The summed E-state index contributed by atoms with van der Waals surface area (Å²) < 4.78 is 0. The molecule has 13 heteroatoms. The monoisotopic (exact) mass is 499 g/mol. The lowest BCUT2D eigenvalue weighted by atomic mass is 10.0. The molecule has 0 bridgehead atoms. The van der Waals surface area contributed by atoms with Crippen LogP contribution in [0.25, 0.3) is 10.9 Å².